The van der Waals surface area contributed by atoms with Crippen molar-refractivity contribution in [3.8, 4) is 0 Å². The Bertz CT molecular complexity index is 241. The number of allylic oxidation sites excluding steroid dienone is 2. The Balaban J connectivity index is 2.03. The average Bonchev–Trinajstić information content (AvgIpc) is 2.60. The minimum absolute atomic E-state index is 0.449. The second-order valence-electron chi connectivity index (χ2n) is 4.14. The monoisotopic (exact) mass is 148 g/mol. The van der Waals surface area contributed by atoms with Crippen LogP contribution in [0, 0.1) is 23.7 Å². The molecule has 4 atom stereocenters. The topological polar surface area (TPSA) is 17.1 Å². The Kier molecular flexibility index (Phi) is 0.961. The van der Waals surface area contributed by atoms with Crippen molar-refractivity contribution >= 4 is 5.78 Å². The molecule has 11 heavy (non-hydrogen) atoms. The molecule has 0 heterocycles. The molecule has 2 saturated carbocycles. The highest BCUT2D eigenvalue weighted by atomic mass is 16.1. The Morgan fingerprint density at radius 1 is 1.27 bits per heavy atom. The fraction of sp³-hybridized carbons (Fsp3) is 0.700. The third kappa shape index (κ3) is 0.597. The Hall–Kier alpha value is -0.590. The molecule has 0 saturated heterocycles. The van der Waals surface area contributed by atoms with E-state index in [4.69, 9.17) is 0 Å². The van der Waals surface area contributed by atoms with Crippen molar-refractivity contribution in [1.29, 1.82) is 0 Å². The number of ketones is 1. The second kappa shape index (κ2) is 1.77. The van der Waals surface area contributed by atoms with Gasteiger partial charge in [0.25, 0.3) is 0 Å². The van der Waals surface area contributed by atoms with Crippen molar-refractivity contribution in [3.63, 3.8) is 0 Å². The first-order valence-electron chi connectivity index (χ1n) is 4.57. The second-order valence-corrected chi connectivity index (χ2v) is 4.14. The van der Waals surface area contributed by atoms with Crippen molar-refractivity contribution in [1.82, 2.24) is 0 Å². The third-order valence-electron chi connectivity index (χ3n) is 3.72. The van der Waals surface area contributed by atoms with Gasteiger partial charge in [0.15, 0.2) is 0 Å². The van der Waals surface area contributed by atoms with E-state index in [1.807, 2.05) is 0 Å². The van der Waals surface area contributed by atoms with E-state index < -0.39 is 0 Å². The van der Waals surface area contributed by atoms with Gasteiger partial charge < -0.3 is 0 Å². The number of hydrogen-bond donors (Lipinski definition) is 0. The smallest absolute Gasteiger partial charge is 0.136 e. The van der Waals surface area contributed by atoms with Gasteiger partial charge in [-0.25, -0.2) is 0 Å². The summed E-state index contributed by atoms with van der Waals surface area (Å²) in [6, 6.07) is 0. The van der Waals surface area contributed by atoms with Crippen molar-refractivity contribution < 1.29 is 4.79 Å². The lowest BCUT2D eigenvalue weighted by Crippen LogP contribution is -2.18. The van der Waals surface area contributed by atoms with Gasteiger partial charge in [0.2, 0.25) is 0 Å². The molecule has 2 fully saturated rings. The average molecular weight is 148 g/mol. The molecular weight excluding hydrogens is 136 g/mol. The van der Waals surface area contributed by atoms with Crippen LogP contribution in [0.5, 0.6) is 0 Å². The maximum Gasteiger partial charge on any atom is 0.136 e. The van der Waals surface area contributed by atoms with Crippen LogP contribution >= 0.6 is 0 Å². The molecule has 0 amide bonds. The first kappa shape index (κ1) is 5.99. The molecule has 3 rings (SSSR count). The van der Waals surface area contributed by atoms with E-state index in [1.54, 1.807) is 0 Å². The molecule has 0 spiro atoms. The van der Waals surface area contributed by atoms with Crippen LogP contribution in [0.4, 0.5) is 0 Å². The Morgan fingerprint density at radius 3 is 2.91 bits per heavy atom. The molecule has 0 N–H and O–H groups in total. The van der Waals surface area contributed by atoms with Crippen LogP contribution in [0.2, 0.25) is 0 Å². The van der Waals surface area contributed by atoms with Gasteiger partial charge in [-0.05, 0) is 30.6 Å². The lowest BCUT2D eigenvalue weighted by Gasteiger charge is -2.17. The highest BCUT2D eigenvalue weighted by molar-refractivity contribution is 5.84. The highest BCUT2D eigenvalue weighted by Gasteiger charge is 2.50. The van der Waals surface area contributed by atoms with Crippen LogP contribution in [0.1, 0.15) is 19.3 Å². The molecule has 3 aliphatic rings. The van der Waals surface area contributed by atoms with E-state index in [1.165, 1.54) is 12.8 Å². The first-order valence-corrected chi connectivity index (χ1v) is 4.57. The van der Waals surface area contributed by atoms with Gasteiger partial charge in [0.05, 0.1) is 0 Å². The van der Waals surface area contributed by atoms with Crippen LogP contribution < -0.4 is 0 Å². The zero-order valence-corrected chi connectivity index (χ0v) is 6.49. The SMILES string of the molecule is O=C1CC[C@H]2[C@@H]1[C@@H]1C=C[C@H]2C1. The van der Waals surface area contributed by atoms with Gasteiger partial charge >= 0.3 is 0 Å². The molecule has 0 unspecified atom stereocenters. The number of Topliss-reactive ketones (excluding diaryl/α,β-unsaturated/α-hetero) is 1. The van der Waals surface area contributed by atoms with Crippen molar-refractivity contribution in [2.75, 3.05) is 0 Å². The summed E-state index contributed by atoms with van der Waals surface area (Å²) in [4.78, 5) is 11.4. The van der Waals surface area contributed by atoms with E-state index in [2.05, 4.69) is 12.2 Å². The molecule has 0 aromatic rings. The van der Waals surface area contributed by atoms with E-state index in [-0.39, 0.29) is 0 Å². The minimum atomic E-state index is 0.449. The van der Waals surface area contributed by atoms with Gasteiger partial charge in [0.1, 0.15) is 5.78 Å². The molecule has 58 valence electrons. The maximum atomic E-state index is 11.4. The molecule has 3 aliphatic carbocycles. The quantitative estimate of drug-likeness (QED) is 0.479. The zero-order valence-electron chi connectivity index (χ0n) is 6.49. The summed E-state index contributed by atoms with van der Waals surface area (Å²) in [7, 11) is 0. The number of hydrogen-bond acceptors (Lipinski definition) is 1. The summed E-state index contributed by atoms with van der Waals surface area (Å²) >= 11 is 0. The van der Waals surface area contributed by atoms with Crippen molar-refractivity contribution in [3.05, 3.63) is 12.2 Å². The van der Waals surface area contributed by atoms with E-state index >= 15 is 0 Å². The van der Waals surface area contributed by atoms with Crippen molar-refractivity contribution in [2.24, 2.45) is 23.7 Å². The fourth-order valence-electron chi connectivity index (χ4n) is 3.27. The van der Waals surface area contributed by atoms with Gasteiger partial charge in [-0.3, -0.25) is 4.79 Å². The number of carbonyl (C=O) groups is 1. The molecule has 1 nitrogen and oxygen atoms in total. The normalized spacial score (nSPS) is 52.2. The van der Waals surface area contributed by atoms with Gasteiger partial charge in [-0.1, -0.05) is 12.2 Å². The van der Waals surface area contributed by atoms with Gasteiger partial charge in [-0.15, -0.1) is 0 Å². The minimum Gasteiger partial charge on any atom is -0.299 e. The van der Waals surface area contributed by atoms with Crippen LogP contribution in [0.15, 0.2) is 12.2 Å². The standard InChI is InChI=1S/C10H12O/c11-9-4-3-8-6-1-2-7(5-6)10(8)9/h1-2,6-8,10H,3-5H2/t6-,7+,8+,10-/m0/s1. The largest absolute Gasteiger partial charge is 0.299 e. The Labute approximate surface area is 66.5 Å². The molecule has 1 heteroatoms. The van der Waals surface area contributed by atoms with E-state index in [0.717, 1.165) is 18.3 Å². The maximum absolute atomic E-state index is 11.4. The van der Waals surface area contributed by atoms with Crippen molar-refractivity contribution in [2.45, 2.75) is 19.3 Å². The zero-order chi connectivity index (χ0) is 7.42. The summed E-state index contributed by atoms with van der Waals surface area (Å²) in [5.41, 5.74) is 0. The number of rotatable bonds is 0. The van der Waals surface area contributed by atoms with Crippen LogP contribution in [0.3, 0.4) is 0 Å². The van der Waals surface area contributed by atoms with Gasteiger partial charge in [-0.2, -0.15) is 0 Å². The summed E-state index contributed by atoms with van der Waals surface area (Å²) in [6.45, 7) is 0. The van der Waals surface area contributed by atoms with E-state index in [0.29, 0.717) is 17.6 Å². The summed E-state index contributed by atoms with van der Waals surface area (Å²) in [5, 5.41) is 0. The fourth-order valence-corrected chi connectivity index (χ4v) is 3.27. The van der Waals surface area contributed by atoms with Crippen LogP contribution in [-0.4, -0.2) is 5.78 Å². The number of carbonyl (C=O) groups excluding carboxylic acids is 1. The predicted molar refractivity (Wildman–Crippen MR) is 42.0 cm³/mol. The summed E-state index contributed by atoms with van der Waals surface area (Å²) in [5.74, 6) is 3.16. The molecule has 2 bridgehead atoms. The summed E-state index contributed by atoms with van der Waals surface area (Å²) < 4.78 is 0. The lowest BCUT2D eigenvalue weighted by molar-refractivity contribution is -0.121. The molecular formula is C10H12O. The predicted octanol–water partition coefficient (Wildman–Crippen LogP) is 1.79. The first-order chi connectivity index (χ1) is 5.36. The molecule has 0 aromatic heterocycles. The number of fused-ring (bicyclic) bond motifs is 5. The molecule has 0 aliphatic heterocycles. The Morgan fingerprint density at radius 2 is 2.09 bits per heavy atom. The van der Waals surface area contributed by atoms with E-state index in [9.17, 15) is 4.79 Å². The third-order valence-corrected chi connectivity index (χ3v) is 3.72. The lowest BCUT2D eigenvalue weighted by atomic mass is 9.86. The summed E-state index contributed by atoms with van der Waals surface area (Å²) in [6.07, 6.45) is 7.93. The van der Waals surface area contributed by atoms with Crippen LogP contribution in [0.25, 0.3) is 0 Å². The molecule has 0 radical (unpaired) electrons. The highest BCUT2D eigenvalue weighted by Crippen LogP contribution is 2.53. The molecule has 0 aromatic carbocycles. The van der Waals surface area contributed by atoms with Crippen LogP contribution in [-0.2, 0) is 4.79 Å². The van der Waals surface area contributed by atoms with Gasteiger partial charge in [0, 0.05) is 12.3 Å².